The van der Waals surface area contributed by atoms with Gasteiger partial charge in [0.15, 0.2) is 26.3 Å². The molecule has 3 heterocycles. The molecule has 5 aromatic rings. The van der Waals surface area contributed by atoms with Gasteiger partial charge in [0.25, 0.3) is 5.91 Å². The molecule has 2 amide bonds. The zero-order valence-electron chi connectivity index (χ0n) is 23.5. The van der Waals surface area contributed by atoms with E-state index >= 15 is 0 Å². The molecule has 0 spiro atoms. The predicted molar refractivity (Wildman–Crippen MR) is 161 cm³/mol. The molecule has 0 saturated heterocycles. The summed E-state index contributed by atoms with van der Waals surface area (Å²) in [4.78, 5) is 42.4. The van der Waals surface area contributed by atoms with E-state index in [4.69, 9.17) is 4.42 Å². The first kappa shape index (κ1) is 30.4. The van der Waals surface area contributed by atoms with Crippen LogP contribution in [0.4, 0.5) is 0 Å². The lowest BCUT2D eigenvalue weighted by Gasteiger charge is -2.26. The first-order valence-corrected chi connectivity index (χ1v) is 15.5. The lowest BCUT2D eigenvalue weighted by molar-refractivity contribution is -0.122. The Labute approximate surface area is 253 Å². The Morgan fingerprint density at radius 3 is 2.36 bits per heavy atom. The Morgan fingerprint density at radius 2 is 1.64 bits per heavy atom. The highest BCUT2D eigenvalue weighted by molar-refractivity contribution is 7.92. The zero-order valence-corrected chi connectivity index (χ0v) is 24.4. The van der Waals surface area contributed by atoms with Crippen LogP contribution in [0, 0.1) is 0 Å². The van der Waals surface area contributed by atoms with Crippen molar-refractivity contribution in [1.29, 1.82) is 0 Å². The van der Waals surface area contributed by atoms with Gasteiger partial charge in [-0.15, -0.1) is 0 Å². The Kier molecular flexibility index (Phi) is 9.36. The van der Waals surface area contributed by atoms with Gasteiger partial charge in [-0.1, -0.05) is 48.5 Å². The molecule has 0 bridgehead atoms. The number of fused-ring (bicyclic) bond motifs is 1. The smallest absolute Gasteiger partial charge is 0.271 e. The standard InChI is InChI=1S/C31H30N6O6S/c38-28(25-18-33-15-16-34-25)35-19-27(44(41,42)20-23-9-6-14-32-17-23)29(39)36-21-31(40,13-12-22-7-2-1-3-8-22)30-37-24-10-4-5-11-26(24)43-30/h1-11,14-18,27,40H,12-13,19-21H2,(H,35,38)(H,36,39). The Bertz CT molecular complexity index is 1790. The van der Waals surface area contributed by atoms with Crippen LogP contribution in [0.2, 0.25) is 0 Å². The predicted octanol–water partition coefficient (Wildman–Crippen LogP) is 2.36. The summed E-state index contributed by atoms with van der Waals surface area (Å²) in [7, 11) is -4.18. The number of carbonyl (C=O) groups is 2. The van der Waals surface area contributed by atoms with Crippen molar-refractivity contribution in [2.24, 2.45) is 0 Å². The van der Waals surface area contributed by atoms with Crippen molar-refractivity contribution in [2.75, 3.05) is 13.1 Å². The molecule has 44 heavy (non-hydrogen) atoms. The van der Waals surface area contributed by atoms with Gasteiger partial charge in [0.2, 0.25) is 11.8 Å². The summed E-state index contributed by atoms with van der Waals surface area (Å²) in [6, 6.07) is 19.6. The summed E-state index contributed by atoms with van der Waals surface area (Å²) in [6.07, 6.45) is 7.36. The molecule has 0 fully saturated rings. The van der Waals surface area contributed by atoms with Gasteiger partial charge in [-0.3, -0.25) is 19.6 Å². The highest BCUT2D eigenvalue weighted by Gasteiger charge is 2.39. The highest BCUT2D eigenvalue weighted by atomic mass is 32.2. The molecule has 0 aliphatic rings. The molecule has 5 rings (SSSR count). The summed E-state index contributed by atoms with van der Waals surface area (Å²) in [6.45, 7) is -0.947. The topological polar surface area (TPSA) is 177 Å². The van der Waals surface area contributed by atoms with Crippen molar-refractivity contribution in [3.8, 4) is 0 Å². The molecular weight excluding hydrogens is 584 g/mol. The van der Waals surface area contributed by atoms with E-state index in [1.165, 1.54) is 31.0 Å². The van der Waals surface area contributed by atoms with Crippen molar-refractivity contribution in [3.63, 3.8) is 0 Å². The number of hydrogen-bond donors (Lipinski definition) is 3. The average molecular weight is 615 g/mol. The fraction of sp³-hybridized carbons (Fsp3) is 0.226. The van der Waals surface area contributed by atoms with E-state index in [2.05, 4.69) is 30.6 Å². The van der Waals surface area contributed by atoms with Crippen LogP contribution in [0.1, 0.15) is 33.9 Å². The number of aliphatic hydroxyl groups is 1. The molecule has 226 valence electrons. The molecule has 0 saturated carbocycles. The lowest BCUT2D eigenvalue weighted by atomic mass is 9.94. The molecule has 0 radical (unpaired) electrons. The van der Waals surface area contributed by atoms with Crippen LogP contribution in [0.25, 0.3) is 11.1 Å². The number of amides is 2. The number of nitrogens with zero attached hydrogens (tertiary/aromatic N) is 4. The second-order valence-electron chi connectivity index (χ2n) is 10.2. The number of hydrogen-bond acceptors (Lipinski definition) is 10. The van der Waals surface area contributed by atoms with E-state index in [9.17, 15) is 23.1 Å². The number of sulfone groups is 1. The third-order valence-corrected chi connectivity index (χ3v) is 8.96. The maximum absolute atomic E-state index is 13.6. The summed E-state index contributed by atoms with van der Waals surface area (Å²) < 4.78 is 33.0. The van der Waals surface area contributed by atoms with Crippen molar-refractivity contribution < 1.29 is 27.5 Å². The van der Waals surface area contributed by atoms with E-state index in [1.54, 1.807) is 36.4 Å². The maximum atomic E-state index is 13.6. The quantitative estimate of drug-likeness (QED) is 0.178. The molecular formula is C31H30N6O6S. The van der Waals surface area contributed by atoms with Crippen molar-refractivity contribution in [3.05, 3.63) is 120 Å². The SMILES string of the molecule is O=C(NCC(C(=O)NCC(O)(CCc1ccccc1)c1nc2ccccc2o1)S(=O)(=O)Cc1cccnc1)c1cnccn1. The number of benzene rings is 2. The van der Waals surface area contributed by atoms with Gasteiger partial charge < -0.3 is 20.2 Å². The van der Waals surface area contributed by atoms with E-state index < -0.39 is 51.3 Å². The average Bonchev–Trinajstić information content (AvgIpc) is 3.49. The first-order chi connectivity index (χ1) is 21.2. The monoisotopic (exact) mass is 614 g/mol. The fourth-order valence-electron chi connectivity index (χ4n) is 4.58. The third kappa shape index (κ3) is 7.49. The number of oxazole rings is 1. The van der Waals surface area contributed by atoms with Gasteiger partial charge in [-0.2, -0.15) is 0 Å². The molecule has 12 nitrogen and oxygen atoms in total. The van der Waals surface area contributed by atoms with Gasteiger partial charge >= 0.3 is 0 Å². The van der Waals surface area contributed by atoms with Gasteiger partial charge in [-0.05, 0) is 42.2 Å². The van der Waals surface area contributed by atoms with E-state index in [0.717, 1.165) is 5.56 Å². The third-order valence-electron chi connectivity index (χ3n) is 6.98. The number of pyridine rings is 1. The van der Waals surface area contributed by atoms with Crippen molar-refractivity contribution in [2.45, 2.75) is 29.4 Å². The number of aryl methyl sites for hydroxylation is 1. The van der Waals surface area contributed by atoms with Crippen LogP contribution in [-0.4, -0.2) is 63.6 Å². The van der Waals surface area contributed by atoms with E-state index in [0.29, 0.717) is 23.1 Å². The molecule has 13 heteroatoms. The zero-order chi connectivity index (χ0) is 31.0. The first-order valence-electron chi connectivity index (χ1n) is 13.8. The summed E-state index contributed by atoms with van der Waals surface area (Å²) in [5, 5.41) is 15.2. The van der Waals surface area contributed by atoms with Gasteiger partial charge in [-0.25, -0.2) is 18.4 Å². The summed E-state index contributed by atoms with van der Waals surface area (Å²) in [5.74, 6) is -2.12. The maximum Gasteiger partial charge on any atom is 0.271 e. The molecule has 2 unspecified atom stereocenters. The van der Waals surface area contributed by atoms with Gasteiger partial charge in [0.05, 0.1) is 18.5 Å². The molecule has 2 atom stereocenters. The second-order valence-corrected chi connectivity index (χ2v) is 12.4. The molecule has 0 aliphatic carbocycles. The van der Waals surface area contributed by atoms with Gasteiger partial charge in [0.1, 0.15) is 11.2 Å². The normalized spacial score (nSPS) is 13.6. The lowest BCUT2D eigenvalue weighted by Crippen LogP contribution is -2.51. The fourth-order valence-corrected chi connectivity index (χ4v) is 6.16. The van der Waals surface area contributed by atoms with Crippen LogP contribution in [0.15, 0.2) is 102 Å². The summed E-state index contributed by atoms with van der Waals surface area (Å²) >= 11 is 0. The number of nitrogens with one attached hydrogen (secondary N) is 2. The molecule has 2 aromatic carbocycles. The minimum atomic E-state index is -4.18. The minimum Gasteiger partial charge on any atom is -0.437 e. The van der Waals surface area contributed by atoms with Crippen LogP contribution in [0.5, 0.6) is 0 Å². The number of carbonyl (C=O) groups excluding carboxylic acids is 2. The second kappa shape index (κ2) is 13.5. The number of aromatic nitrogens is 4. The van der Waals surface area contributed by atoms with Crippen LogP contribution < -0.4 is 10.6 Å². The molecule has 3 aromatic heterocycles. The largest absolute Gasteiger partial charge is 0.437 e. The Morgan fingerprint density at radius 1 is 0.886 bits per heavy atom. The minimum absolute atomic E-state index is 0.0133. The van der Waals surface area contributed by atoms with Crippen LogP contribution >= 0.6 is 0 Å². The molecule has 0 aliphatic heterocycles. The van der Waals surface area contributed by atoms with Gasteiger partial charge in [0, 0.05) is 31.3 Å². The van der Waals surface area contributed by atoms with Crippen LogP contribution in [0.3, 0.4) is 0 Å². The Hall–Kier alpha value is -5.01. The number of para-hydroxylation sites is 2. The highest BCUT2D eigenvalue weighted by Crippen LogP contribution is 2.29. The Balaban J connectivity index is 1.39. The van der Waals surface area contributed by atoms with E-state index in [-0.39, 0.29) is 18.0 Å². The number of rotatable bonds is 13. The van der Waals surface area contributed by atoms with Crippen LogP contribution in [-0.2, 0) is 32.4 Å². The van der Waals surface area contributed by atoms with Crippen molar-refractivity contribution in [1.82, 2.24) is 30.6 Å². The molecule has 3 N–H and O–H groups in total. The van der Waals surface area contributed by atoms with Crippen molar-refractivity contribution >= 4 is 32.8 Å². The summed E-state index contributed by atoms with van der Waals surface area (Å²) in [5.41, 5.74) is 0.465. The van der Waals surface area contributed by atoms with E-state index in [1.807, 2.05) is 30.3 Å².